The molecule has 5 heteroatoms. The van der Waals surface area contributed by atoms with Crippen LogP contribution in [0, 0.1) is 6.92 Å². The van der Waals surface area contributed by atoms with E-state index < -0.39 is 11.9 Å². The molecule has 0 radical (unpaired) electrons. The van der Waals surface area contributed by atoms with Crippen molar-refractivity contribution >= 4 is 17.6 Å². The molecule has 4 N–H and O–H groups in total. The third-order valence-electron chi connectivity index (χ3n) is 2.92. The number of nitrogen functional groups attached to an aromatic ring is 1. The minimum absolute atomic E-state index is 0.00274. The smallest absolute Gasteiger partial charge is 0.348 e. The quantitative estimate of drug-likeness (QED) is 0.291. The van der Waals surface area contributed by atoms with Crippen LogP contribution >= 0.6 is 0 Å². The van der Waals surface area contributed by atoms with Gasteiger partial charge in [0.25, 0.3) is 0 Å². The second kappa shape index (κ2) is 6.56. The van der Waals surface area contributed by atoms with E-state index in [0.717, 1.165) is 0 Å². The normalized spacial score (nSPS) is 11.3. The average Bonchev–Trinajstić information content (AvgIpc) is 2.37. The second-order valence-corrected chi connectivity index (χ2v) is 4.50. The molecule has 0 unspecified atom stereocenters. The molecular weight excluding hydrogens is 268 g/mol. The summed E-state index contributed by atoms with van der Waals surface area (Å²) in [7, 11) is 0. The number of anilines is 1. The third-order valence-corrected chi connectivity index (χ3v) is 2.92. The first-order chi connectivity index (χ1) is 9.79. The molecular formula is C16H18N2O3. The zero-order valence-electron chi connectivity index (χ0n) is 12.1. The molecule has 1 aromatic carbocycles. The van der Waals surface area contributed by atoms with Gasteiger partial charge in [0.05, 0.1) is 11.1 Å². The number of ether oxygens (including phenoxy) is 1. The highest BCUT2D eigenvalue weighted by molar-refractivity contribution is 6.07. The average molecular weight is 286 g/mol. The number of esters is 2. The van der Waals surface area contributed by atoms with E-state index in [0.29, 0.717) is 11.1 Å². The molecule has 0 fully saturated rings. The van der Waals surface area contributed by atoms with Crippen LogP contribution in [0.4, 0.5) is 5.69 Å². The van der Waals surface area contributed by atoms with Gasteiger partial charge in [-0.15, -0.1) is 0 Å². The van der Waals surface area contributed by atoms with Gasteiger partial charge in [-0.05, 0) is 31.1 Å². The molecule has 1 rings (SSSR count). The van der Waals surface area contributed by atoms with Gasteiger partial charge < -0.3 is 16.2 Å². The first kappa shape index (κ1) is 16.2. The van der Waals surface area contributed by atoms with Crippen molar-refractivity contribution in [1.29, 1.82) is 0 Å². The van der Waals surface area contributed by atoms with Crippen LogP contribution in [-0.2, 0) is 9.53 Å². The lowest BCUT2D eigenvalue weighted by Gasteiger charge is -2.11. The second-order valence-electron chi connectivity index (χ2n) is 4.50. The summed E-state index contributed by atoms with van der Waals surface area (Å²) in [6.07, 6.45) is 1.43. The van der Waals surface area contributed by atoms with E-state index >= 15 is 0 Å². The van der Waals surface area contributed by atoms with Crippen molar-refractivity contribution in [2.45, 2.75) is 13.8 Å². The highest BCUT2D eigenvalue weighted by Gasteiger charge is 2.22. The van der Waals surface area contributed by atoms with Gasteiger partial charge in [0, 0.05) is 11.4 Å². The van der Waals surface area contributed by atoms with Crippen molar-refractivity contribution < 1.29 is 14.3 Å². The number of nitrogens with two attached hydrogens (primary N) is 2. The maximum absolute atomic E-state index is 12.1. The lowest BCUT2D eigenvalue weighted by atomic mass is 10.1. The summed E-state index contributed by atoms with van der Waals surface area (Å²) < 4.78 is 4.84. The molecule has 1 aromatic rings. The van der Waals surface area contributed by atoms with Crippen LogP contribution in [0.5, 0.6) is 0 Å². The van der Waals surface area contributed by atoms with Crippen molar-refractivity contribution in [3.8, 4) is 0 Å². The van der Waals surface area contributed by atoms with Crippen LogP contribution < -0.4 is 11.5 Å². The van der Waals surface area contributed by atoms with Crippen LogP contribution in [0.1, 0.15) is 22.8 Å². The molecule has 0 aromatic heterocycles. The van der Waals surface area contributed by atoms with E-state index in [4.69, 9.17) is 16.2 Å². The first-order valence-corrected chi connectivity index (χ1v) is 6.19. The number of benzene rings is 1. The molecule has 5 nitrogen and oxygen atoms in total. The van der Waals surface area contributed by atoms with Crippen LogP contribution in [0.2, 0.25) is 0 Å². The fourth-order valence-electron chi connectivity index (χ4n) is 1.80. The molecule has 0 bridgehead atoms. The molecule has 0 amide bonds. The molecule has 0 spiro atoms. The predicted octanol–water partition coefficient (Wildman–Crippen LogP) is 2.24. The number of rotatable bonds is 4. The third kappa shape index (κ3) is 3.60. The molecule has 21 heavy (non-hydrogen) atoms. The van der Waals surface area contributed by atoms with Gasteiger partial charge >= 0.3 is 11.9 Å². The van der Waals surface area contributed by atoms with Gasteiger partial charge in [-0.2, -0.15) is 0 Å². The maximum atomic E-state index is 12.1. The number of carbonyl (C=O) groups is 2. The molecule has 0 aliphatic rings. The van der Waals surface area contributed by atoms with Gasteiger partial charge in [-0.25, -0.2) is 9.59 Å². The Morgan fingerprint density at radius 3 is 2.43 bits per heavy atom. The number of carbonyl (C=O) groups excluding carboxylic acids is 2. The molecule has 0 saturated carbocycles. The minimum Gasteiger partial charge on any atom is -0.399 e. The summed E-state index contributed by atoms with van der Waals surface area (Å²) in [6.45, 7) is 10.4. The Morgan fingerprint density at radius 1 is 1.33 bits per heavy atom. The van der Waals surface area contributed by atoms with E-state index in [-0.39, 0.29) is 22.5 Å². The Hall–Kier alpha value is -2.82. The Kier molecular flexibility index (Phi) is 5.07. The first-order valence-electron chi connectivity index (χ1n) is 6.19. The molecule has 0 aliphatic heterocycles. The number of allylic oxidation sites excluding steroid dienone is 2. The lowest BCUT2D eigenvalue weighted by molar-refractivity contribution is -0.133. The number of hydrogen-bond acceptors (Lipinski definition) is 5. The summed E-state index contributed by atoms with van der Waals surface area (Å²) in [5.41, 5.74) is 12.8. The summed E-state index contributed by atoms with van der Waals surface area (Å²) in [5, 5.41) is 0. The lowest BCUT2D eigenvalue weighted by Crippen LogP contribution is -2.20. The highest BCUT2D eigenvalue weighted by Crippen LogP contribution is 2.19. The molecule has 0 saturated heterocycles. The Labute approximate surface area is 123 Å². The molecule has 0 aliphatic carbocycles. The summed E-state index contributed by atoms with van der Waals surface area (Å²) in [5.74, 6) is -1.71. The van der Waals surface area contributed by atoms with Crippen molar-refractivity contribution in [2.24, 2.45) is 5.73 Å². The van der Waals surface area contributed by atoms with Crippen LogP contribution in [-0.4, -0.2) is 11.9 Å². The van der Waals surface area contributed by atoms with Crippen molar-refractivity contribution in [2.75, 3.05) is 5.73 Å². The largest absolute Gasteiger partial charge is 0.399 e. The van der Waals surface area contributed by atoms with Gasteiger partial charge in [0.15, 0.2) is 0 Å². The van der Waals surface area contributed by atoms with Crippen LogP contribution in [0.3, 0.4) is 0 Å². The van der Waals surface area contributed by atoms with E-state index in [1.54, 1.807) is 32.0 Å². The van der Waals surface area contributed by atoms with E-state index in [9.17, 15) is 9.59 Å². The minimum atomic E-state index is -0.882. The zero-order chi connectivity index (χ0) is 16.2. The topological polar surface area (TPSA) is 95.4 Å². The van der Waals surface area contributed by atoms with E-state index in [1.807, 2.05) is 0 Å². The Morgan fingerprint density at radius 2 is 1.95 bits per heavy atom. The Balaban J connectivity index is 3.11. The maximum Gasteiger partial charge on any atom is 0.348 e. The Bertz CT molecular complexity index is 637. The number of hydrogen-bond donors (Lipinski definition) is 2. The van der Waals surface area contributed by atoms with Gasteiger partial charge in [-0.1, -0.05) is 31.4 Å². The van der Waals surface area contributed by atoms with Crippen LogP contribution in [0.25, 0.3) is 0 Å². The van der Waals surface area contributed by atoms with Gasteiger partial charge in [0.2, 0.25) is 0 Å². The molecule has 110 valence electrons. The van der Waals surface area contributed by atoms with E-state index in [1.165, 1.54) is 6.08 Å². The fourth-order valence-corrected chi connectivity index (χ4v) is 1.80. The van der Waals surface area contributed by atoms with Crippen molar-refractivity contribution in [3.63, 3.8) is 0 Å². The summed E-state index contributed by atoms with van der Waals surface area (Å²) in [4.78, 5) is 24.2. The van der Waals surface area contributed by atoms with Gasteiger partial charge in [-0.3, -0.25) is 0 Å². The molecule has 0 atom stereocenters. The van der Waals surface area contributed by atoms with E-state index in [2.05, 4.69) is 13.2 Å². The monoisotopic (exact) mass is 286 g/mol. The molecule has 0 heterocycles. The fraction of sp³-hybridized carbons (Fsp3) is 0.125. The van der Waals surface area contributed by atoms with Crippen molar-refractivity contribution in [1.82, 2.24) is 0 Å². The zero-order valence-corrected chi connectivity index (χ0v) is 12.1. The summed E-state index contributed by atoms with van der Waals surface area (Å²) >= 11 is 0. The standard InChI is InChI=1S/C16H18N2O3/c1-5-9(2)13(11(4)17)15(19)21-16(20)14-10(3)7-6-8-12(14)18/h5-8H,1,4,17-18H2,2-3H3/b13-9+. The van der Waals surface area contributed by atoms with Gasteiger partial charge in [0.1, 0.15) is 0 Å². The summed E-state index contributed by atoms with van der Waals surface area (Å²) in [6, 6.07) is 4.96. The van der Waals surface area contributed by atoms with Crippen molar-refractivity contribution in [3.05, 3.63) is 65.4 Å². The highest BCUT2D eigenvalue weighted by atomic mass is 16.6. The number of aryl methyl sites for hydroxylation is 1. The van der Waals surface area contributed by atoms with Crippen LogP contribution in [0.15, 0.2) is 54.3 Å². The SMILES string of the molecule is C=C/C(C)=C(\C(=C)N)C(=O)OC(=O)c1c(C)cccc1N. The predicted molar refractivity (Wildman–Crippen MR) is 82.2 cm³/mol.